The van der Waals surface area contributed by atoms with Crippen LogP contribution in [0.1, 0.15) is 51.0 Å². The molecule has 0 spiro atoms. The second-order valence-corrected chi connectivity index (χ2v) is 6.16. The van der Waals surface area contributed by atoms with E-state index < -0.39 is 0 Å². The number of rotatable bonds is 6. The number of nitrogens with zero attached hydrogens (tertiary/aromatic N) is 1. The summed E-state index contributed by atoms with van der Waals surface area (Å²) in [5, 5.41) is 9.59. The van der Waals surface area contributed by atoms with Gasteiger partial charge in [0, 0.05) is 19.0 Å². The molecule has 1 aliphatic heterocycles. The zero-order valence-corrected chi connectivity index (χ0v) is 13.0. The van der Waals surface area contributed by atoms with Crippen LogP contribution >= 0.6 is 0 Å². The summed E-state index contributed by atoms with van der Waals surface area (Å²) < 4.78 is 0. The third-order valence-electron chi connectivity index (χ3n) is 4.26. The Morgan fingerprint density at radius 1 is 1.33 bits per heavy atom. The van der Waals surface area contributed by atoms with E-state index in [1.54, 1.807) is 0 Å². The van der Waals surface area contributed by atoms with Crippen LogP contribution in [0.25, 0.3) is 0 Å². The molecule has 0 aromatic heterocycles. The zero-order valence-electron chi connectivity index (χ0n) is 13.0. The average Bonchev–Trinajstić information content (AvgIpc) is 2.48. The molecule has 3 nitrogen and oxygen atoms in total. The minimum absolute atomic E-state index is 0.239. The number of hydrogen-bond acceptors (Lipinski definition) is 2. The van der Waals surface area contributed by atoms with Gasteiger partial charge in [0.15, 0.2) is 0 Å². The number of aryl methyl sites for hydroxylation is 1. The number of likely N-dealkylation sites (tertiary alicyclic amines) is 1. The molecule has 1 N–H and O–H groups in total. The predicted octanol–water partition coefficient (Wildman–Crippen LogP) is 3.16. The molecule has 3 heteroatoms. The molecule has 1 heterocycles. The van der Waals surface area contributed by atoms with Crippen LogP contribution in [0.4, 0.5) is 0 Å². The third kappa shape index (κ3) is 5.16. The van der Waals surface area contributed by atoms with E-state index >= 15 is 0 Å². The largest absolute Gasteiger partial charge is 0.393 e. The van der Waals surface area contributed by atoms with E-state index in [0.29, 0.717) is 12.8 Å². The fourth-order valence-corrected chi connectivity index (χ4v) is 3.20. The summed E-state index contributed by atoms with van der Waals surface area (Å²) in [5.74, 6) is 0.260. The van der Waals surface area contributed by atoms with Crippen molar-refractivity contribution >= 4 is 5.91 Å². The second-order valence-electron chi connectivity index (χ2n) is 6.16. The fourth-order valence-electron chi connectivity index (χ4n) is 3.20. The van der Waals surface area contributed by atoms with Gasteiger partial charge in [-0.25, -0.2) is 0 Å². The summed E-state index contributed by atoms with van der Waals surface area (Å²) in [5.41, 5.74) is 1.30. The van der Waals surface area contributed by atoms with Crippen LogP contribution in [0.5, 0.6) is 0 Å². The Bertz CT molecular complexity index is 430. The number of aliphatic hydroxyl groups is 1. The van der Waals surface area contributed by atoms with Crippen molar-refractivity contribution < 1.29 is 9.90 Å². The normalized spacial score (nSPS) is 20.3. The molecular formula is C18H27NO2. The smallest absolute Gasteiger partial charge is 0.222 e. The number of aliphatic hydroxyl groups excluding tert-OH is 1. The van der Waals surface area contributed by atoms with Gasteiger partial charge in [-0.1, -0.05) is 30.3 Å². The molecule has 1 aromatic carbocycles. The molecule has 2 rings (SSSR count). The van der Waals surface area contributed by atoms with Gasteiger partial charge in [-0.2, -0.15) is 0 Å². The first-order valence-electron chi connectivity index (χ1n) is 8.18. The minimum atomic E-state index is -0.326. The van der Waals surface area contributed by atoms with Gasteiger partial charge in [-0.15, -0.1) is 0 Å². The van der Waals surface area contributed by atoms with Gasteiger partial charge < -0.3 is 10.0 Å². The Morgan fingerprint density at radius 3 is 2.81 bits per heavy atom. The molecule has 1 aliphatic rings. The molecule has 0 aliphatic carbocycles. The van der Waals surface area contributed by atoms with E-state index in [-0.39, 0.29) is 18.1 Å². The van der Waals surface area contributed by atoms with Gasteiger partial charge in [-0.3, -0.25) is 4.79 Å². The highest BCUT2D eigenvalue weighted by atomic mass is 16.3. The van der Waals surface area contributed by atoms with E-state index in [1.165, 1.54) is 12.0 Å². The van der Waals surface area contributed by atoms with E-state index in [1.807, 2.05) is 30.0 Å². The summed E-state index contributed by atoms with van der Waals surface area (Å²) in [7, 11) is 0. The number of carbonyl (C=O) groups excluding carboxylic acids is 1. The van der Waals surface area contributed by atoms with Crippen LogP contribution < -0.4 is 0 Å². The summed E-state index contributed by atoms with van der Waals surface area (Å²) >= 11 is 0. The number of carbonyl (C=O) groups is 1. The maximum absolute atomic E-state index is 12.4. The molecule has 116 valence electrons. The molecule has 0 saturated carbocycles. The van der Waals surface area contributed by atoms with Crippen molar-refractivity contribution in [2.45, 2.75) is 64.0 Å². The predicted molar refractivity (Wildman–Crippen MR) is 85.0 cm³/mol. The van der Waals surface area contributed by atoms with Crippen molar-refractivity contribution in [3.05, 3.63) is 35.9 Å². The van der Waals surface area contributed by atoms with Crippen molar-refractivity contribution in [2.75, 3.05) is 6.54 Å². The lowest BCUT2D eigenvalue weighted by molar-refractivity contribution is -0.135. The highest BCUT2D eigenvalue weighted by Crippen LogP contribution is 2.22. The Morgan fingerprint density at radius 2 is 2.10 bits per heavy atom. The lowest BCUT2D eigenvalue weighted by atomic mass is 9.96. The molecule has 1 amide bonds. The van der Waals surface area contributed by atoms with Crippen molar-refractivity contribution in [1.82, 2.24) is 4.90 Å². The standard InChI is InChI=1S/C18H27NO2/c1-15(20)14-17-11-5-6-13-19(17)18(21)12-7-10-16-8-3-2-4-9-16/h2-4,8-9,15,17,20H,5-7,10-14H2,1H3. The molecule has 2 atom stereocenters. The topological polar surface area (TPSA) is 40.5 Å². The van der Waals surface area contributed by atoms with E-state index in [9.17, 15) is 9.90 Å². The Balaban J connectivity index is 1.80. The molecule has 1 fully saturated rings. The number of amides is 1. The SMILES string of the molecule is CC(O)CC1CCCCN1C(=O)CCCc1ccccc1. The first-order chi connectivity index (χ1) is 10.2. The van der Waals surface area contributed by atoms with Crippen molar-refractivity contribution in [3.63, 3.8) is 0 Å². The maximum atomic E-state index is 12.4. The molecule has 1 aromatic rings. The van der Waals surface area contributed by atoms with Gasteiger partial charge >= 0.3 is 0 Å². The molecule has 0 radical (unpaired) electrons. The Kier molecular flexibility index (Phi) is 6.24. The van der Waals surface area contributed by atoms with E-state index in [0.717, 1.165) is 32.2 Å². The summed E-state index contributed by atoms with van der Waals surface area (Å²) in [6.07, 6.45) is 6.17. The van der Waals surface area contributed by atoms with Gasteiger partial charge in [-0.05, 0) is 51.0 Å². The van der Waals surface area contributed by atoms with Crippen molar-refractivity contribution in [3.8, 4) is 0 Å². The highest BCUT2D eigenvalue weighted by Gasteiger charge is 2.26. The molecule has 0 bridgehead atoms. The summed E-state index contributed by atoms with van der Waals surface area (Å²) in [4.78, 5) is 14.4. The van der Waals surface area contributed by atoms with Gasteiger partial charge in [0.05, 0.1) is 6.10 Å². The van der Waals surface area contributed by atoms with Crippen LogP contribution in [0.3, 0.4) is 0 Å². The van der Waals surface area contributed by atoms with Crippen molar-refractivity contribution in [2.24, 2.45) is 0 Å². The van der Waals surface area contributed by atoms with Gasteiger partial charge in [0.1, 0.15) is 0 Å². The van der Waals surface area contributed by atoms with Crippen LogP contribution in [-0.2, 0) is 11.2 Å². The highest BCUT2D eigenvalue weighted by molar-refractivity contribution is 5.76. The third-order valence-corrected chi connectivity index (χ3v) is 4.26. The maximum Gasteiger partial charge on any atom is 0.222 e. The number of hydrogen-bond donors (Lipinski definition) is 1. The molecule has 21 heavy (non-hydrogen) atoms. The Hall–Kier alpha value is -1.35. The first kappa shape index (κ1) is 16.0. The van der Waals surface area contributed by atoms with Gasteiger partial charge in [0.2, 0.25) is 5.91 Å². The second kappa shape index (κ2) is 8.18. The monoisotopic (exact) mass is 289 g/mol. The molecule has 1 saturated heterocycles. The quantitative estimate of drug-likeness (QED) is 0.874. The lowest BCUT2D eigenvalue weighted by Crippen LogP contribution is -2.44. The summed E-state index contributed by atoms with van der Waals surface area (Å²) in [6, 6.07) is 10.6. The Labute approximate surface area is 128 Å². The van der Waals surface area contributed by atoms with E-state index in [4.69, 9.17) is 0 Å². The zero-order chi connectivity index (χ0) is 15.1. The van der Waals surface area contributed by atoms with Crippen LogP contribution in [0.2, 0.25) is 0 Å². The van der Waals surface area contributed by atoms with Crippen LogP contribution in [0.15, 0.2) is 30.3 Å². The van der Waals surface area contributed by atoms with E-state index in [2.05, 4.69) is 12.1 Å². The van der Waals surface area contributed by atoms with Crippen LogP contribution in [0, 0.1) is 0 Å². The molecule has 2 unspecified atom stereocenters. The van der Waals surface area contributed by atoms with Crippen molar-refractivity contribution in [1.29, 1.82) is 0 Å². The number of piperidine rings is 1. The van der Waals surface area contributed by atoms with Gasteiger partial charge in [0.25, 0.3) is 0 Å². The van der Waals surface area contributed by atoms with Crippen LogP contribution in [-0.4, -0.2) is 34.6 Å². The fraction of sp³-hybridized carbons (Fsp3) is 0.611. The lowest BCUT2D eigenvalue weighted by Gasteiger charge is -2.36. The molecular weight excluding hydrogens is 262 g/mol. The average molecular weight is 289 g/mol. The number of benzene rings is 1. The minimum Gasteiger partial charge on any atom is -0.393 e. The first-order valence-corrected chi connectivity index (χ1v) is 8.18. The summed E-state index contributed by atoms with van der Waals surface area (Å²) in [6.45, 7) is 2.67.